The molecule has 1 aromatic carbocycles. The molecule has 90 valence electrons. The molecule has 0 saturated heterocycles. The first-order valence-electron chi connectivity index (χ1n) is 5.23. The molecule has 0 saturated carbocycles. The molecule has 5 heteroatoms. The highest BCUT2D eigenvalue weighted by Crippen LogP contribution is 2.29. The third-order valence-electron chi connectivity index (χ3n) is 2.69. The van der Waals surface area contributed by atoms with Crippen LogP contribution in [0.4, 0.5) is 4.39 Å². The van der Waals surface area contributed by atoms with Gasteiger partial charge in [0, 0.05) is 30.0 Å². The smallest absolute Gasteiger partial charge is 0.130 e. The molecule has 17 heavy (non-hydrogen) atoms. The first-order chi connectivity index (χ1) is 8.15. The molecule has 1 N–H and O–H groups in total. The molecule has 0 bridgehead atoms. The van der Waals surface area contributed by atoms with Crippen molar-refractivity contribution in [2.24, 2.45) is 7.05 Å². The summed E-state index contributed by atoms with van der Waals surface area (Å²) in [5, 5.41) is 3.43. The molecule has 0 aliphatic rings. The molecule has 1 aromatic heterocycles. The molecule has 0 fully saturated rings. The molecule has 1 unspecified atom stereocenters. The second kappa shape index (κ2) is 4.85. The molecule has 0 aliphatic carbocycles. The van der Waals surface area contributed by atoms with E-state index in [0.29, 0.717) is 10.6 Å². The van der Waals surface area contributed by atoms with Crippen LogP contribution in [0, 0.1) is 5.82 Å². The molecule has 0 spiro atoms. The van der Waals surface area contributed by atoms with Gasteiger partial charge in [-0.3, -0.25) is 0 Å². The van der Waals surface area contributed by atoms with E-state index in [4.69, 9.17) is 11.6 Å². The highest BCUT2D eigenvalue weighted by Gasteiger charge is 2.22. The average molecular weight is 254 g/mol. The maximum Gasteiger partial charge on any atom is 0.130 e. The van der Waals surface area contributed by atoms with Gasteiger partial charge in [0.15, 0.2) is 0 Å². The molecular weight excluding hydrogens is 241 g/mol. The lowest BCUT2D eigenvalue weighted by molar-refractivity contribution is 0.553. The lowest BCUT2D eigenvalue weighted by atomic mass is 10.1. The summed E-state index contributed by atoms with van der Waals surface area (Å²) >= 11 is 6.06. The monoisotopic (exact) mass is 253 g/mol. The van der Waals surface area contributed by atoms with Crippen LogP contribution in [0.15, 0.2) is 30.6 Å². The van der Waals surface area contributed by atoms with Crippen LogP contribution < -0.4 is 5.32 Å². The zero-order chi connectivity index (χ0) is 12.4. The Balaban J connectivity index is 2.53. The normalized spacial score (nSPS) is 12.7. The predicted molar refractivity (Wildman–Crippen MR) is 65.5 cm³/mol. The maximum absolute atomic E-state index is 13.8. The molecule has 1 atom stereocenters. The Hall–Kier alpha value is -1.39. The number of benzene rings is 1. The fourth-order valence-electron chi connectivity index (χ4n) is 1.84. The Labute approximate surface area is 104 Å². The van der Waals surface area contributed by atoms with Crippen molar-refractivity contribution in [3.05, 3.63) is 52.8 Å². The Morgan fingerprint density at radius 2 is 2.24 bits per heavy atom. The number of hydrogen-bond donors (Lipinski definition) is 1. The number of imidazole rings is 1. The summed E-state index contributed by atoms with van der Waals surface area (Å²) in [7, 11) is 3.61. The highest BCUT2D eigenvalue weighted by molar-refractivity contribution is 6.31. The highest BCUT2D eigenvalue weighted by atomic mass is 35.5. The van der Waals surface area contributed by atoms with Crippen LogP contribution in [0.25, 0.3) is 0 Å². The Morgan fingerprint density at radius 3 is 2.76 bits per heavy atom. The molecule has 2 aromatic rings. The standard InChI is InChI=1S/C12H13ClFN3/c1-15-11(12-16-6-7-17(12)2)10-8(13)4-3-5-9(10)14/h3-7,11,15H,1-2H3. The Bertz CT molecular complexity index is 504. The molecular formula is C12H13ClFN3. The molecule has 0 amide bonds. The minimum absolute atomic E-state index is 0.333. The van der Waals surface area contributed by atoms with Gasteiger partial charge in [0.25, 0.3) is 0 Å². The van der Waals surface area contributed by atoms with Gasteiger partial charge in [0.1, 0.15) is 11.6 Å². The fraction of sp³-hybridized carbons (Fsp3) is 0.250. The topological polar surface area (TPSA) is 29.9 Å². The van der Waals surface area contributed by atoms with Crippen LogP contribution in [0.1, 0.15) is 17.4 Å². The summed E-state index contributed by atoms with van der Waals surface area (Å²) in [6, 6.07) is 4.30. The van der Waals surface area contributed by atoms with Gasteiger partial charge in [-0.2, -0.15) is 0 Å². The predicted octanol–water partition coefficient (Wildman–Crippen LogP) is 2.52. The number of rotatable bonds is 3. The van der Waals surface area contributed by atoms with Gasteiger partial charge in [-0.05, 0) is 19.2 Å². The van der Waals surface area contributed by atoms with Crippen molar-refractivity contribution in [1.29, 1.82) is 0 Å². The van der Waals surface area contributed by atoms with E-state index in [0.717, 1.165) is 5.82 Å². The number of nitrogens with zero attached hydrogens (tertiary/aromatic N) is 2. The third kappa shape index (κ3) is 2.18. The van der Waals surface area contributed by atoms with Crippen molar-refractivity contribution in [2.45, 2.75) is 6.04 Å². The molecule has 0 aliphatic heterocycles. The van der Waals surface area contributed by atoms with E-state index in [1.54, 1.807) is 25.4 Å². The number of halogens is 2. The van der Waals surface area contributed by atoms with Crippen molar-refractivity contribution in [2.75, 3.05) is 7.05 Å². The second-order valence-electron chi connectivity index (χ2n) is 3.75. The Morgan fingerprint density at radius 1 is 1.47 bits per heavy atom. The summed E-state index contributed by atoms with van der Waals surface area (Å²) in [6.45, 7) is 0. The zero-order valence-corrected chi connectivity index (χ0v) is 10.4. The average Bonchev–Trinajstić information content (AvgIpc) is 2.70. The molecule has 3 nitrogen and oxygen atoms in total. The minimum atomic E-state index is -0.358. The maximum atomic E-state index is 13.8. The summed E-state index contributed by atoms with van der Waals surface area (Å²) in [4.78, 5) is 4.22. The lowest BCUT2D eigenvalue weighted by Crippen LogP contribution is -2.22. The number of aromatic nitrogens is 2. The van der Waals surface area contributed by atoms with Gasteiger partial charge in [0.05, 0.1) is 6.04 Å². The van der Waals surface area contributed by atoms with E-state index < -0.39 is 0 Å². The van der Waals surface area contributed by atoms with Gasteiger partial charge in [-0.25, -0.2) is 9.37 Å². The van der Waals surface area contributed by atoms with Crippen LogP contribution in [-0.2, 0) is 7.05 Å². The van der Waals surface area contributed by atoms with Gasteiger partial charge in [-0.15, -0.1) is 0 Å². The van der Waals surface area contributed by atoms with Crippen LogP contribution in [-0.4, -0.2) is 16.6 Å². The summed E-state index contributed by atoms with van der Waals surface area (Å²) in [5.41, 5.74) is 0.422. The zero-order valence-electron chi connectivity index (χ0n) is 9.61. The Kier molecular flexibility index (Phi) is 3.45. The quantitative estimate of drug-likeness (QED) is 0.911. The van der Waals surface area contributed by atoms with Crippen molar-refractivity contribution in [3.63, 3.8) is 0 Å². The SMILES string of the molecule is CNC(c1c(F)cccc1Cl)c1nccn1C. The van der Waals surface area contributed by atoms with Crippen LogP contribution >= 0.6 is 11.6 Å². The van der Waals surface area contributed by atoms with E-state index >= 15 is 0 Å². The van der Waals surface area contributed by atoms with Crippen LogP contribution in [0.3, 0.4) is 0 Å². The summed E-state index contributed by atoms with van der Waals surface area (Å²) in [6.07, 6.45) is 3.49. The summed E-state index contributed by atoms with van der Waals surface area (Å²) in [5.74, 6) is 0.388. The van der Waals surface area contributed by atoms with Gasteiger partial charge >= 0.3 is 0 Å². The van der Waals surface area contributed by atoms with E-state index in [9.17, 15) is 4.39 Å². The largest absolute Gasteiger partial charge is 0.336 e. The van der Waals surface area contributed by atoms with Crippen LogP contribution in [0.2, 0.25) is 5.02 Å². The van der Waals surface area contributed by atoms with Crippen molar-refractivity contribution in [1.82, 2.24) is 14.9 Å². The molecule has 0 radical (unpaired) electrons. The van der Waals surface area contributed by atoms with E-state index in [1.165, 1.54) is 6.07 Å². The van der Waals surface area contributed by atoms with Crippen molar-refractivity contribution < 1.29 is 4.39 Å². The van der Waals surface area contributed by atoms with Crippen molar-refractivity contribution in [3.8, 4) is 0 Å². The third-order valence-corrected chi connectivity index (χ3v) is 3.02. The van der Waals surface area contributed by atoms with E-state index in [1.807, 2.05) is 17.8 Å². The second-order valence-corrected chi connectivity index (χ2v) is 4.16. The minimum Gasteiger partial charge on any atom is -0.336 e. The van der Waals surface area contributed by atoms with Crippen LogP contribution in [0.5, 0.6) is 0 Å². The first-order valence-corrected chi connectivity index (χ1v) is 5.61. The fourth-order valence-corrected chi connectivity index (χ4v) is 2.12. The first kappa shape index (κ1) is 12.1. The van der Waals surface area contributed by atoms with Gasteiger partial charge in [0.2, 0.25) is 0 Å². The molecule has 1 heterocycles. The van der Waals surface area contributed by atoms with E-state index in [-0.39, 0.29) is 11.9 Å². The van der Waals surface area contributed by atoms with Gasteiger partial charge in [-0.1, -0.05) is 17.7 Å². The van der Waals surface area contributed by atoms with Crippen molar-refractivity contribution >= 4 is 11.6 Å². The number of hydrogen-bond acceptors (Lipinski definition) is 2. The molecule has 2 rings (SSSR count). The summed E-state index contributed by atoms with van der Waals surface area (Å²) < 4.78 is 15.7. The number of nitrogens with one attached hydrogen (secondary N) is 1. The number of aryl methyl sites for hydroxylation is 1. The lowest BCUT2D eigenvalue weighted by Gasteiger charge is -2.18. The van der Waals surface area contributed by atoms with Gasteiger partial charge < -0.3 is 9.88 Å². The van der Waals surface area contributed by atoms with E-state index in [2.05, 4.69) is 10.3 Å².